The third kappa shape index (κ3) is 2.51. The first-order valence-corrected chi connectivity index (χ1v) is 5.85. The van der Waals surface area contributed by atoms with Gasteiger partial charge in [0.05, 0.1) is 18.5 Å². The van der Waals surface area contributed by atoms with E-state index in [4.69, 9.17) is 16.3 Å². The Bertz CT molecular complexity index is 580. The summed E-state index contributed by atoms with van der Waals surface area (Å²) in [5, 5.41) is 8.34. The molecule has 0 saturated heterocycles. The zero-order valence-corrected chi connectivity index (χ0v) is 10.8. The molecule has 2 aromatic rings. The molecule has 0 unspecified atom stereocenters. The second-order valence-electron chi connectivity index (χ2n) is 3.70. The summed E-state index contributed by atoms with van der Waals surface area (Å²) < 4.78 is 6.38. The van der Waals surface area contributed by atoms with Gasteiger partial charge in [-0.15, -0.1) is 5.10 Å². The first-order valence-electron chi connectivity index (χ1n) is 5.48. The molecule has 0 aliphatic rings. The van der Waals surface area contributed by atoms with Crippen LogP contribution >= 0.6 is 11.6 Å². The Balaban J connectivity index is 2.32. The fourth-order valence-corrected chi connectivity index (χ4v) is 1.78. The van der Waals surface area contributed by atoms with E-state index in [9.17, 15) is 4.79 Å². The van der Waals surface area contributed by atoms with Crippen molar-refractivity contribution in [3.63, 3.8) is 0 Å². The molecule has 18 heavy (non-hydrogen) atoms. The zero-order valence-electron chi connectivity index (χ0n) is 10.1. The number of aromatic nitrogens is 3. The molecule has 0 spiro atoms. The molecule has 0 radical (unpaired) electrons. The Morgan fingerprint density at radius 3 is 2.94 bits per heavy atom. The molecule has 0 bridgehead atoms. The Morgan fingerprint density at radius 1 is 1.50 bits per heavy atom. The summed E-state index contributed by atoms with van der Waals surface area (Å²) in [7, 11) is 0. The summed E-state index contributed by atoms with van der Waals surface area (Å²) >= 11 is 5.88. The van der Waals surface area contributed by atoms with Crippen molar-refractivity contribution in [2.75, 3.05) is 6.61 Å². The third-order valence-corrected chi connectivity index (χ3v) is 2.62. The highest BCUT2D eigenvalue weighted by molar-refractivity contribution is 6.30. The summed E-state index contributed by atoms with van der Waals surface area (Å²) in [4.78, 5) is 11.5. The number of aryl methyl sites for hydroxylation is 1. The maximum atomic E-state index is 11.5. The van der Waals surface area contributed by atoms with Crippen LogP contribution in [0.2, 0.25) is 5.02 Å². The fraction of sp³-hybridized carbons (Fsp3) is 0.250. The normalized spacial score (nSPS) is 10.4. The van der Waals surface area contributed by atoms with Gasteiger partial charge in [0.25, 0.3) is 0 Å². The molecular formula is C12H12ClN3O2. The van der Waals surface area contributed by atoms with Gasteiger partial charge in [0, 0.05) is 5.02 Å². The van der Waals surface area contributed by atoms with Crippen molar-refractivity contribution in [1.29, 1.82) is 0 Å². The van der Waals surface area contributed by atoms with E-state index >= 15 is 0 Å². The number of ether oxygens (including phenoxy) is 1. The molecule has 0 fully saturated rings. The van der Waals surface area contributed by atoms with Gasteiger partial charge in [0.1, 0.15) is 0 Å². The van der Waals surface area contributed by atoms with Gasteiger partial charge in [0.2, 0.25) is 0 Å². The quantitative estimate of drug-likeness (QED) is 0.800. The maximum Gasteiger partial charge on any atom is 0.360 e. The predicted octanol–water partition coefficient (Wildman–Crippen LogP) is 2.41. The van der Waals surface area contributed by atoms with Crippen LogP contribution in [-0.4, -0.2) is 27.6 Å². The van der Waals surface area contributed by atoms with Crippen molar-refractivity contribution in [3.05, 3.63) is 40.7 Å². The number of carbonyl (C=O) groups excluding carboxylic acids is 1. The summed E-state index contributed by atoms with van der Waals surface area (Å²) in [6, 6.07) is 5.40. The van der Waals surface area contributed by atoms with Crippen LogP contribution in [0.15, 0.2) is 24.4 Å². The molecule has 6 heteroatoms. The summed E-state index contributed by atoms with van der Waals surface area (Å²) in [6.07, 6.45) is 1.54. The van der Waals surface area contributed by atoms with Gasteiger partial charge in [0.15, 0.2) is 5.69 Å². The molecule has 0 N–H and O–H groups in total. The first-order chi connectivity index (χ1) is 8.61. The monoisotopic (exact) mass is 265 g/mol. The van der Waals surface area contributed by atoms with Crippen LogP contribution in [0.25, 0.3) is 5.69 Å². The predicted molar refractivity (Wildman–Crippen MR) is 67.1 cm³/mol. The minimum absolute atomic E-state index is 0.186. The Morgan fingerprint density at radius 2 is 2.28 bits per heavy atom. The number of hydrogen-bond donors (Lipinski definition) is 0. The molecule has 0 atom stereocenters. The van der Waals surface area contributed by atoms with Crippen molar-refractivity contribution in [3.8, 4) is 5.69 Å². The van der Waals surface area contributed by atoms with Crippen LogP contribution in [0.5, 0.6) is 0 Å². The molecular weight excluding hydrogens is 254 g/mol. The largest absolute Gasteiger partial charge is 0.461 e. The van der Waals surface area contributed by atoms with Gasteiger partial charge < -0.3 is 4.74 Å². The van der Waals surface area contributed by atoms with Crippen molar-refractivity contribution < 1.29 is 9.53 Å². The molecule has 0 aliphatic heterocycles. The highest BCUT2D eigenvalue weighted by Crippen LogP contribution is 2.18. The smallest absolute Gasteiger partial charge is 0.360 e. The number of benzene rings is 1. The lowest BCUT2D eigenvalue weighted by atomic mass is 10.2. The first kappa shape index (κ1) is 12.6. The number of esters is 1. The van der Waals surface area contributed by atoms with E-state index in [-0.39, 0.29) is 5.69 Å². The topological polar surface area (TPSA) is 57.0 Å². The third-order valence-electron chi connectivity index (χ3n) is 2.38. The van der Waals surface area contributed by atoms with Crippen LogP contribution in [-0.2, 0) is 4.74 Å². The second-order valence-corrected chi connectivity index (χ2v) is 4.14. The lowest BCUT2D eigenvalue weighted by Gasteiger charge is -2.04. The van der Waals surface area contributed by atoms with Crippen LogP contribution in [0.1, 0.15) is 23.0 Å². The van der Waals surface area contributed by atoms with Crippen molar-refractivity contribution in [2.24, 2.45) is 0 Å². The van der Waals surface area contributed by atoms with Crippen LogP contribution in [0, 0.1) is 6.92 Å². The number of halogens is 1. The fourth-order valence-electron chi connectivity index (χ4n) is 1.56. The average Bonchev–Trinajstić information content (AvgIpc) is 2.78. The SMILES string of the molecule is CCOC(=O)c1cn(-c2ccc(Cl)cc2C)nn1. The van der Waals surface area contributed by atoms with Gasteiger partial charge in [-0.05, 0) is 37.6 Å². The molecule has 0 amide bonds. The highest BCUT2D eigenvalue weighted by Gasteiger charge is 2.13. The van der Waals surface area contributed by atoms with E-state index in [0.717, 1.165) is 11.3 Å². The van der Waals surface area contributed by atoms with E-state index in [1.807, 2.05) is 19.1 Å². The summed E-state index contributed by atoms with van der Waals surface area (Å²) in [5.41, 5.74) is 1.96. The van der Waals surface area contributed by atoms with Gasteiger partial charge in [-0.2, -0.15) is 0 Å². The van der Waals surface area contributed by atoms with E-state index in [1.165, 1.54) is 10.9 Å². The summed E-state index contributed by atoms with van der Waals surface area (Å²) in [5.74, 6) is -0.477. The van der Waals surface area contributed by atoms with Crippen molar-refractivity contribution >= 4 is 17.6 Å². The Hall–Kier alpha value is -1.88. The van der Waals surface area contributed by atoms with Gasteiger partial charge >= 0.3 is 5.97 Å². The molecule has 1 aromatic carbocycles. The minimum atomic E-state index is -0.477. The van der Waals surface area contributed by atoms with E-state index < -0.39 is 5.97 Å². The highest BCUT2D eigenvalue weighted by atomic mass is 35.5. The number of carbonyl (C=O) groups is 1. The second kappa shape index (κ2) is 5.18. The maximum absolute atomic E-state index is 11.5. The average molecular weight is 266 g/mol. The molecule has 1 heterocycles. The van der Waals surface area contributed by atoms with E-state index in [0.29, 0.717) is 11.6 Å². The molecule has 94 valence electrons. The summed E-state index contributed by atoms with van der Waals surface area (Å²) in [6.45, 7) is 3.96. The van der Waals surface area contributed by atoms with Gasteiger partial charge in [-0.25, -0.2) is 9.48 Å². The van der Waals surface area contributed by atoms with Gasteiger partial charge in [-0.1, -0.05) is 16.8 Å². The zero-order chi connectivity index (χ0) is 13.1. The molecule has 2 rings (SSSR count). The lowest BCUT2D eigenvalue weighted by molar-refractivity contribution is 0.0519. The van der Waals surface area contributed by atoms with Crippen molar-refractivity contribution in [1.82, 2.24) is 15.0 Å². The Labute approximate surface area is 109 Å². The Kier molecular flexibility index (Phi) is 3.62. The van der Waals surface area contributed by atoms with Crippen LogP contribution in [0.4, 0.5) is 0 Å². The standard InChI is InChI=1S/C12H12ClN3O2/c1-3-18-12(17)10-7-16(15-14-10)11-5-4-9(13)6-8(11)2/h4-7H,3H2,1-2H3. The van der Waals surface area contributed by atoms with Crippen LogP contribution in [0.3, 0.4) is 0 Å². The molecule has 0 saturated carbocycles. The molecule has 5 nitrogen and oxygen atoms in total. The number of rotatable bonds is 3. The number of nitrogens with zero attached hydrogens (tertiary/aromatic N) is 3. The molecule has 1 aromatic heterocycles. The van der Waals surface area contributed by atoms with E-state index in [2.05, 4.69) is 10.3 Å². The van der Waals surface area contributed by atoms with Crippen molar-refractivity contribution in [2.45, 2.75) is 13.8 Å². The van der Waals surface area contributed by atoms with E-state index in [1.54, 1.807) is 13.0 Å². The van der Waals surface area contributed by atoms with Crippen LogP contribution < -0.4 is 0 Å². The minimum Gasteiger partial charge on any atom is -0.461 e. The lowest BCUT2D eigenvalue weighted by Crippen LogP contribution is -2.04. The van der Waals surface area contributed by atoms with Gasteiger partial charge in [-0.3, -0.25) is 0 Å². The molecule has 0 aliphatic carbocycles. The number of hydrogen-bond acceptors (Lipinski definition) is 4.